The van der Waals surface area contributed by atoms with Gasteiger partial charge in [-0.3, -0.25) is 4.98 Å². The van der Waals surface area contributed by atoms with Crippen molar-refractivity contribution in [3.8, 4) is 11.4 Å². The number of nitrogens with zero attached hydrogens (tertiary/aromatic N) is 2. The largest absolute Gasteiger partial charge is 0.458 e. The van der Waals surface area contributed by atoms with Crippen molar-refractivity contribution in [3.05, 3.63) is 59.1 Å². The molecular formula is C20H23N3O2. The lowest BCUT2D eigenvalue weighted by Gasteiger charge is -2.17. The Morgan fingerprint density at radius 1 is 1.16 bits per heavy atom. The lowest BCUT2D eigenvalue weighted by Crippen LogP contribution is -2.13. The van der Waals surface area contributed by atoms with Crippen LogP contribution in [-0.4, -0.2) is 21.7 Å². The predicted octanol–water partition coefficient (Wildman–Crippen LogP) is 4.34. The maximum atomic E-state index is 5.60. The maximum Gasteiger partial charge on any atom is 0.230 e. The predicted molar refractivity (Wildman–Crippen MR) is 95.8 cm³/mol. The Kier molecular flexibility index (Phi) is 3.67. The fraction of sp³-hybridized carbons (Fsp3) is 0.400. The lowest BCUT2D eigenvalue weighted by molar-refractivity contribution is 0.0725. The molecule has 0 saturated heterocycles. The summed E-state index contributed by atoms with van der Waals surface area (Å²) in [7, 11) is 0. The number of ether oxygens (including phenoxy) is 2. The van der Waals surface area contributed by atoms with Gasteiger partial charge >= 0.3 is 0 Å². The zero-order valence-corrected chi connectivity index (χ0v) is 15.1. The van der Waals surface area contributed by atoms with E-state index in [1.165, 1.54) is 0 Å². The second-order valence-electron chi connectivity index (χ2n) is 7.63. The number of hydrogen-bond acceptors (Lipinski definition) is 4. The summed E-state index contributed by atoms with van der Waals surface area (Å²) in [6.45, 7) is 8.79. The van der Waals surface area contributed by atoms with Crippen LogP contribution in [0.2, 0.25) is 0 Å². The van der Waals surface area contributed by atoms with Gasteiger partial charge in [0.05, 0.1) is 11.4 Å². The fourth-order valence-corrected chi connectivity index (χ4v) is 3.17. The zero-order valence-electron chi connectivity index (χ0n) is 15.1. The van der Waals surface area contributed by atoms with Gasteiger partial charge in [0.1, 0.15) is 17.3 Å². The molecule has 4 rings (SSSR count). The van der Waals surface area contributed by atoms with E-state index >= 15 is 0 Å². The average Bonchev–Trinajstić information content (AvgIpc) is 3.20. The number of pyridine rings is 1. The Morgan fingerprint density at radius 2 is 2.00 bits per heavy atom. The fourth-order valence-electron chi connectivity index (χ4n) is 3.17. The first kappa shape index (κ1) is 15.9. The molecule has 0 aromatic carbocycles. The minimum atomic E-state index is -0.0629. The lowest BCUT2D eigenvalue weighted by atomic mass is 9.93. The van der Waals surface area contributed by atoms with Crippen LogP contribution in [0.15, 0.2) is 41.9 Å². The van der Waals surface area contributed by atoms with Gasteiger partial charge in [-0.25, -0.2) is 4.98 Å². The van der Waals surface area contributed by atoms with Crippen molar-refractivity contribution >= 4 is 0 Å². The number of H-pyrrole nitrogens is 1. The molecule has 2 aliphatic rings. The molecular weight excluding hydrogens is 314 g/mol. The van der Waals surface area contributed by atoms with Gasteiger partial charge in [-0.2, -0.15) is 0 Å². The number of aryl methyl sites for hydroxylation is 1. The van der Waals surface area contributed by atoms with E-state index in [-0.39, 0.29) is 11.3 Å². The Labute approximate surface area is 147 Å². The van der Waals surface area contributed by atoms with Gasteiger partial charge < -0.3 is 14.5 Å². The van der Waals surface area contributed by atoms with Crippen LogP contribution in [0.3, 0.4) is 0 Å². The summed E-state index contributed by atoms with van der Waals surface area (Å²) in [4.78, 5) is 13.2. The molecule has 3 heterocycles. The summed E-state index contributed by atoms with van der Waals surface area (Å²) in [5.74, 6) is 2.91. The van der Waals surface area contributed by atoms with Crippen LogP contribution in [0.1, 0.15) is 50.3 Å². The average molecular weight is 337 g/mol. The maximum absolute atomic E-state index is 5.60. The first-order valence-corrected chi connectivity index (χ1v) is 8.63. The van der Waals surface area contributed by atoms with Crippen molar-refractivity contribution < 1.29 is 9.47 Å². The summed E-state index contributed by atoms with van der Waals surface area (Å²) < 4.78 is 11.1. The van der Waals surface area contributed by atoms with Crippen molar-refractivity contribution in [1.82, 2.24) is 15.0 Å². The van der Waals surface area contributed by atoms with Crippen LogP contribution in [0.4, 0.5) is 0 Å². The summed E-state index contributed by atoms with van der Waals surface area (Å²) in [6.07, 6.45) is 4.94. The molecule has 5 nitrogen and oxygen atoms in total. The molecule has 0 spiro atoms. The second kappa shape index (κ2) is 5.76. The molecule has 0 fully saturated rings. The highest BCUT2D eigenvalue weighted by Crippen LogP contribution is 2.38. The van der Waals surface area contributed by atoms with Gasteiger partial charge in [-0.15, -0.1) is 0 Å². The molecule has 0 bridgehead atoms. The van der Waals surface area contributed by atoms with Crippen LogP contribution < -0.4 is 0 Å². The molecule has 1 aliphatic heterocycles. The Balaban J connectivity index is 1.78. The Morgan fingerprint density at radius 3 is 2.76 bits per heavy atom. The summed E-state index contributed by atoms with van der Waals surface area (Å²) >= 11 is 0. The van der Waals surface area contributed by atoms with Crippen molar-refractivity contribution in [1.29, 1.82) is 0 Å². The highest BCUT2D eigenvalue weighted by atomic mass is 16.7. The quantitative estimate of drug-likeness (QED) is 0.886. The molecule has 1 unspecified atom stereocenters. The normalized spacial score (nSPS) is 19.6. The van der Waals surface area contributed by atoms with Gasteiger partial charge in [-0.05, 0) is 25.1 Å². The molecule has 0 amide bonds. The van der Waals surface area contributed by atoms with Gasteiger partial charge in [0.25, 0.3) is 0 Å². The molecule has 2 aromatic rings. The van der Waals surface area contributed by atoms with Crippen molar-refractivity contribution in [2.45, 2.75) is 45.4 Å². The van der Waals surface area contributed by atoms with Gasteiger partial charge in [0, 0.05) is 23.4 Å². The number of hydrogen-bond donors (Lipinski definition) is 1. The first-order chi connectivity index (χ1) is 11.9. The van der Waals surface area contributed by atoms with E-state index in [0.717, 1.165) is 46.5 Å². The molecule has 2 aromatic heterocycles. The third-order valence-electron chi connectivity index (χ3n) is 4.55. The second-order valence-corrected chi connectivity index (χ2v) is 7.63. The van der Waals surface area contributed by atoms with Gasteiger partial charge in [0.15, 0.2) is 5.76 Å². The van der Waals surface area contributed by atoms with E-state index in [2.05, 4.69) is 36.8 Å². The number of imidazole rings is 1. The van der Waals surface area contributed by atoms with E-state index in [1.807, 2.05) is 31.2 Å². The number of allylic oxidation sites excluding steroid dienone is 3. The minimum Gasteiger partial charge on any atom is -0.458 e. The van der Waals surface area contributed by atoms with E-state index < -0.39 is 0 Å². The van der Waals surface area contributed by atoms with Gasteiger partial charge in [-0.1, -0.05) is 32.9 Å². The van der Waals surface area contributed by atoms with Gasteiger partial charge in [0.2, 0.25) is 6.79 Å². The summed E-state index contributed by atoms with van der Waals surface area (Å²) in [6, 6.07) is 6.05. The highest BCUT2D eigenvalue weighted by molar-refractivity contribution is 5.60. The van der Waals surface area contributed by atoms with E-state index in [0.29, 0.717) is 6.79 Å². The van der Waals surface area contributed by atoms with Crippen LogP contribution in [-0.2, 0) is 14.9 Å². The van der Waals surface area contributed by atoms with Crippen molar-refractivity contribution in [3.63, 3.8) is 0 Å². The standard InChI is InChI=1S/C20H23N3O2/c1-12-6-5-7-14(21-12)18-17(22-19(23-18)20(2,3)4)13-8-9-15-16(10-13)25-11-24-15/h5-9,13H,10-11H2,1-4H3,(H,22,23). The number of aromatic amines is 1. The third kappa shape index (κ3) is 2.95. The van der Waals surface area contributed by atoms with Crippen LogP contribution >= 0.6 is 0 Å². The van der Waals surface area contributed by atoms with Crippen LogP contribution in [0, 0.1) is 6.92 Å². The SMILES string of the molecule is Cc1cccc(-c2nc(C(C)(C)C)[nH]c2C2C=CC3=C(C2)OCO3)n1. The summed E-state index contributed by atoms with van der Waals surface area (Å²) in [5.41, 5.74) is 3.83. The summed E-state index contributed by atoms with van der Waals surface area (Å²) in [5, 5.41) is 0. The van der Waals surface area contributed by atoms with E-state index in [4.69, 9.17) is 14.5 Å². The zero-order chi connectivity index (χ0) is 17.6. The third-order valence-corrected chi connectivity index (χ3v) is 4.55. The molecule has 1 aliphatic carbocycles. The molecule has 5 heteroatoms. The van der Waals surface area contributed by atoms with E-state index in [9.17, 15) is 0 Å². The molecule has 0 radical (unpaired) electrons. The monoisotopic (exact) mass is 337 g/mol. The smallest absolute Gasteiger partial charge is 0.230 e. The molecule has 1 atom stereocenters. The van der Waals surface area contributed by atoms with Crippen LogP contribution in [0.5, 0.6) is 0 Å². The molecule has 0 saturated carbocycles. The molecule has 25 heavy (non-hydrogen) atoms. The topological polar surface area (TPSA) is 60.0 Å². The number of nitrogens with one attached hydrogen (secondary N) is 1. The first-order valence-electron chi connectivity index (χ1n) is 8.63. The Hall–Kier alpha value is -2.56. The number of aromatic nitrogens is 3. The van der Waals surface area contributed by atoms with E-state index in [1.54, 1.807) is 0 Å². The minimum absolute atomic E-state index is 0.0629. The Bertz CT molecular complexity index is 871. The molecule has 1 N–H and O–H groups in total. The number of rotatable bonds is 2. The molecule has 130 valence electrons. The van der Waals surface area contributed by atoms with Crippen LogP contribution in [0.25, 0.3) is 11.4 Å². The van der Waals surface area contributed by atoms with Crippen molar-refractivity contribution in [2.24, 2.45) is 0 Å². The van der Waals surface area contributed by atoms with Crippen molar-refractivity contribution in [2.75, 3.05) is 6.79 Å². The highest BCUT2D eigenvalue weighted by Gasteiger charge is 2.30.